The number of hydrogen-bond donors (Lipinski definition) is 0. The van der Waals surface area contributed by atoms with Crippen molar-refractivity contribution in [2.75, 3.05) is 13.7 Å². The van der Waals surface area contributed by atoms with Crippen molar-refractivity contribution >= 4 is 16.0 Å². The molecule has 9 heteroatoms. The van der Waals surface area contributed by atoms with Crippen molar-refractivity contribution in [3.8, 4) is 5.75 Å². The molecular weight excluding hydrogens is 398 g/mol. The van der Waals surface area contributed by atoms with E-state index in [1.54, 1.807) is 24.3 Å². The second kappa shape index (κ2) is 8.97. The van der Waals surface area contributed by atoms with Gasteiger partial charge in [0.25, 0.3) is 0 Å². The van der Waals surface area contributed by atoms with E-state index < -0.39 is 16.0 Å². The predicted octanol–water partition coefficient (Wildman–Crippen LogP) is 3.45. The van der Waals surface area contributed by atoms with Crippen LogP contribution in [0.2, 0.25) is 0 Å². The lowest BCUT2D eigenvalue weighted by atomic mass is 10.3. The minimum atomic E-state index is -3.88. The van der Waals surface area contributed by atoms with E-state index in [-0.39, 0.29) is 23.7 Å². The van der Waals surface area contributed by atoms with Crippen molar-refractivity contribution in [1.29, 1.82) is 0 Å². The molecule has 0 saturated carbocycles. The van der Waals surface area contributed by atoms with Crippen molar-refractivity contribution in [2.24, 2.45) is 0 Å². The molecule has 3 rings (SSSR count). The van der Waals surface area contributed by atoms with Crippen LogP contribution in [0.15, 0.2) is 68.5 Å². The third kappa shape index (κ3) is 4.87. The van der Waals surface area contributed by atoms with E-state index in [2.05, 4.69) is 4.74 Å². The molecule has 1 aromatic carbocycles. The average molecular weight is 419 g/mol. The molecule has 8 nitrogen and oxygen atoms in total. The molecule has 3 aromatic rings. The molecule has 0 aliphatic carbocycles. The molecule has 2 heterocycles. The highest BCUT2D eigenvalue weighted by atomic mass is 32.2. The summed E-state index contributed by atoms with van der Waals surface area (Å²) in [5, 5.41) is 0. The zero-order valence-corrected chi connectivity index (χ0v) is 16.8. The Morgan fingerprint density at radius 1 is 1.03 bits per heavy atom. The van der Waals surface area contributed by atoms with Gasteiger partial charge < -0.3 is 18.3 Å². The van der Waals surface area contributed by atoms with Gasteiger partial charge in [-0.25, -0.2) is 13.2 Å². The first-order chi connectivity index (χ1) is 13.9. The van der Waals surface area contributed by atoms with Crippen LogP contribution < -0.4 is 4.74 Å². The minimum absolute atomic E-state index is 0.00101. The summed E-state index contributed by atoms with van der Waals surface area (Å²) in [4.78, 5) is 11.7. The van der Waals surface area contributed by atoms with Crippen molar-refractivity contribution in [3.63, 3.8) is 0 Å². The largest absolute Gasteiger partial charge is 0.494 e. The van der Waals surface area contributed by atoms with E-state index in [0.29, 0.717) is 23.9 Å². The molecule has 154 valence electrons. The van der Waals surface area contributed by atoms with Gasteiger partial charge in [0.05, 0.1) is 38.0 Å². The molecule has 0 radical (unpaired) electrons. The van der Waals surface area contributed by atoms with Crippen LogP contribution in [0.1, 0.15) is 29.0 Å². The third-order valence-corrected chi connectivity index (χ3v) is 5.87. The zero-order valence-electron chi connectivity index (χ0n) is 16.0. The van der Waals surface area contributed by atoms with E-state index in [1.807, 2.05) is 6.92 Å². The standard InChI is InChI=1S/C20H21NO7S/c1-3-26-15-6-9-18(10-7-15)29(23,24)21(13-16-5-4-12-27-16)14-17-8-11-19(28-17)20(22)25-2/h4-12H,3,13-14H2,1-2H3. The van der Waals surface area contributed by atoms with Gasteiger partial charge >= 0.3 is 5.97 Å². The predicted molar refractivity (Wildman–Crippen MR) is 103 cm³/mol. The van der Waals surface area contributed by atoms with Gasteiger partial charge in [-0.3, -0.25) is 0 Å². The number of rotatable bonds is 9. The summed E-state index contributed by atoms with van der Waals surface area (Å²) in [6.07, 6.45) is 1.47. The first-order valence-electron chi connectivity index (χ1n) is 8.86. The van der Waals surface area contributed by atoms with Gasteiger partial charge in [0.1, 0.15) is 17.3 Å². The fourth-order valence-corrected chi connectivity index (χ4v) is 4.05. The minimum Gasteiger partial charge on any atom is -0.494 e. The highest BCUT2D eigenvalue weighted by Gasteiger charge is 2.27. The van der Waals surface area contributed by atoms with Crippen molar-refractivity contribution in [2.45, 2.75) is 24.9 Å². The molecule has 0 aliphatic heterocycles. The summed E-state index contributed by atoms with van der Waals surface area (Å²) in [6, 6.07) is 12.5. The molecule has 0 amide bonds. The summed E-state index contributed by atoms with van der Waals surface area (Å²) in [5.41, 5.74) is 0. The van der Waals surface area contributed by atoms with E-state index in [9.17, 15) is 13.2 Å². The molecule has 0 N–H and O–H groups in total. The molecule has 0 saturated heterocycles. The lowest BCUT2D eigenvalue weighted by Crippen LogP contribution is -2.30. The van der Waals surface area contributed by atoms with E-state index in [1.165, 1.54) is 41.9 Å². The molecule has 0 spiro atoms. The van der Waals surface area contributed by atoms with Crippen LogP contribution in [0.3, 0.4) is 0 Å². The second-order valence-corrected chi connectivity index (χ2v) is 7.95. The topological polar surface area (TPSA) is 99.2 Å². The first-order valence-corrected chi connectivity index (χ1v) is 10.3. The Morgan fingerprint density at radius 2 is 1.76 bits per heavy atom. The Bertz CT molecular complexity index is 1040. The molecule has 0 bridgehead atoms. The average Bonchev–Trinajstić information content (AvgIpc) is 3.40. The smallest absolute Gasteiger partial charge is 0.373 e. The normalized spacial score (nSPS) is 11.6. The fourth-order valence-electron chi connectivity index (χ4n) is 2.67. The monoisotopic (exact) mass is 419 g/mol. The van der Waals surface area contributed by atoms with Crippen LogP contribution in [0, 0.1) is 0 Å². The van der Waals surface area contributed by atoms with Crippen molar-refractivity contribution in [1.82, 2.24) is 4.31 Å². The summed E-state index contributed by atoms with van der Waals surface area (Å²) in [7, 11) is -2.64. The molecule has 0 atom stereocenters. The van der Waals surface area contributed by atoms with Crippen LogP contribution in [-0.2, 0) is 27.8 Å². The molecule has 0 fully saturated rings. The molecule has 2 aromatic heterocycles. The number of nitrogens with zero attached hydrogens (tertiary/aromatic N) is 1. The summed E-state index contributed by atoms with van der Waals surface area (Å²) in [6.45, 7) is 2.24. The number of sulfonamides is 1. The lowest BCUT2D eigenvalue weighted by Gasteiger charge is -2.20. The van der Waals surface area contributed by atoms with Gasteiger partial charge in [-0.1, -0.05) is 0 Å². The van der Waals surface area contributed by atoms with Gasteiger partial charge in [0, 0.05) is 0 Å². The summed E-state index contributed by atoms with van der Waals surface area (Å²) in [5.74, 6) is 0.714. The Balaban J connectivity index is 1.89. The van der Waals surface area contributed by atoms with E-state index in [4.69, 9.17) is 13.6 Å². The number of methoxy groups -OCH3 is 1. The van der Waals surface area contributed by atoms with Crippen LogP contribution in [0.4, 0.5) is 0 Å². The fraction of sp³-hybridized carbons (Fsp3) is 0.250. The second-order valence-electron chi connectivity index (χ2n) is 6.01. The Kier molecular flexibility index (Phi) is 6.40. The SMILES string of the molecule is CCOc1ccc(S(=O)(=O)N(Cc2ccco2)Cc2ccc(C(=O)OC)o2)cc1. The van der Waals surface area contributed by atoms with Gasteiger partial charge in [0.2, 0.25) is 15.8 Å². The lowest BCUT2D eigenvalue weighted by molar-refractivity contribution is 0.0562. The van der Waals surface area contributed by atoms with Crippen molar-refractivity contribution < 1.29 is 31.5 Å². The van der Waals surface area contributed by atoms with Gasteiger partial charge in [-0.15, -0.1) is 0 Å². The molecule has 0 aliphatic rings. The number of carbonyl (C=O) groups is 1. The molecule has 0 unspecified atom stereocenters. The zero-order chi connectivity index (χ0) is 20.9. The highest BCUT2D eigenvalue weighted by molar-refractivity contribution is 7.89. The maximum atomic E-state index is 13.2. The van der Waals surface area contributed by atoms with E-state index in [0.717, 1.165) is 0 Å². The third-order valence-electron chi connectivity index (χ3n) is 4.07. The number of furan rings is 2. The van der Waals surface area contributed by atoms with Gasteiger partial charge in [-0.2, -0.15) is 4.31 Å². The van der Waals surface area contributed by atoms with Gasteiger partial charge in [-0.05, 0) is 55.5 Å². The Hall–Kier alpha value is -3.04. The quantitative estimate of drug-likeness (QED) is 0.490. The number of esters is 1. The van der Waals surface area contributed by atoms with Crippen LogP contribution in [0.5, 0.6) is 5.75 Å². The Morgan fingerprint density at radius 3 is 2.38 bits per heavy atom. The van der Waals surface area contributed by atoms with Crippen LogP contribution in [-0.4, -0.2) is 32.4 Å². The maximum absolute atomic E-state index is 13.2. The van der Waals surface area contributed by atoms with E-state index >= 15 is 0 Å². The Labute approximate surface area is 168 Å². The number of hydrogen-bond acceptors (Lipinski definition) is 7. The summed E-state index contributed by atoms with van der Waals surface area (Å²) < 4.78 is 48.4. The first kappa shape index (κ1) is 20.7. The summed E-state index contributed by atoms with van der Waals surface area (Å²) >= 11 is 0. The van der Waals surface area contributed by atoms with Crippen molar-refractivity contribution in [3.05, 3.63) is 72.1 Å². The number of benzene rings is 1. The molecule has 29 heavy (non-hydrogen) atoms. The van der Waals surface area contributed by atoms with Crippen LogP contribution >= 0.6 is 0 Å². The highest BCUT2D eigenvalue weighted by Crippen LogP contribution is 2.24. The maximum Gasteiger partial charge on any atom is 0.373 e. The molecular formula is C20H21NO7S. The van der Waals surface area contributed by atoms with Crippen LogP contribution in [0.25, 0.3) is 0 Å². The number of ether oxygens (including phenoxy) is 2. The van der Waals surface area contributed by atoms with Gasteiger partial charge in [0.15, 0.2) is 0 Å². The number of carbonyl (C=O) groups excluding carboxylic acids is 1.